The zero-order chi connectivity index (χ0) is 16.3. The average molecular weight is 327 g/mol. The van der Waals surface area contributed by atoms with Gasteiger partial charge in [0.05, 0.1) is 7.11 Å². The van der Waals surface area contributed by atoms with Gasteiger partial charge in [-0.25, -0.2) is 0 Å². The molecule has 0 aliphatic carbocycles. The molecule has 23 heavy (non-hydrogen) atoms. The fourth-order valence-electron chi connectivity index (χ4n) is 1.96. The molecule has 0 heterocycles. The SMILES string of the molecule is COc1ccc(/C=C/C(=O)NCCSCc2ccccc2)cc1. The molecule has 0 fully saturated rings. The van der Waals surface area contributed by atoms with E-state index in [2.05, 4.69) is 17.4 Å². The molecule has 0 bridgehead atoms. The lowest BCUT2D eigenvalue weighted by Crippen LogP contribution is -2.23. The van der Waals surface area contributed by atoms with Crippen LogP contribution in [0.5, 0.6) is 5.75 Å². The van der Waals surface area contributed by atoms with E-state index in [0.717, 1.165) is 22.8 Å². The molecule has 0 aliphatic heterocycles. The Labute approximate surface area is 141 Å². The summed E-state index contributed by atoms with van der Waals surface area (Å²) in [6.45, 7) is 0.670. The number of methoxy groups -OCH3 is 1. The Kier molecular flexibility index (Phi) is 7.27. The first-order valence-corrected chi connectivity index (χ1v) is 8.65. The number of ether oxygens (including phenoxy) is 1. The number of hydrogen-bond donors (Lipinski definition) is 1. The maximum absolute atomic E-state index is 11.7. The highest BCUT2D eigenvalue weighted by Gasteiger charge is 1.97. The zero-order valence-corrected chi connectivity index (χ0v) is 14.0. The fourth-order valence-corrected chi connectivity index (χ4v) is 2.78. The topological polar surface area (TPSA) is 38.3 Å². The lowest BCUT2D eigenvalue weighted by Gasteiger charge is -2.03. The lowest BCUT2D eigenvalue weighted by molar-refractivity contribution is -0.116. The van der Waals surface area contributed by atoms with E-state index < -0.39 is 0 Å². The second-order valence-corrected chi connectivity index (χ2v) is 6.04. The Morgan fingerprint density at radius 3 is 2.57 bits per heavy atom. The zero-order valence-electron chi connectivity index (χ0n) is 13.2. The third-order valence-corrected chi connectivity index (χ3v) is 4.23. The van der Waals surface area contributed by atoms with Gasteiger partial charge in [-0.05, 0) is 29.3 Å². The molecule has 0 aliphatic rings. The van der Waals surface area contributed by atoms with Gasteiger partial charge in [-0.3, -0.25) is 4.79 Å². The third-order valence-electron chi connectivity index (χ3n) is 3.20. The van der Waals surface area contributed by atoms with Gasteiger partial charge in [-0.1, -0.05) is 42.5 Å². The molecule has 2 rings (SSSR count). The first-order chi connectivity index (χ1) is 11.3. The molecule has 2 aromatic rings. The largest absolute Gasteiger partial charge is 0.497 e. The van der Waals surface area contributed by atoms with Crippen LogP contribution in [0.4, 0.5) is 0 Å². The Morgan fingerprint density at radius 1 is 1.13 bits per heavy atom. The predicted molar refractivity (Wildman–Crippen MR) is 97.6 cm³/mol. The Hall–Kier alpha value is -2.20. The van der Waals surface area contributed by atoms with E-state index in [4.69, 9.17) is 4.74 Å². The lowest BCUT2D eigenvalue weighted by atomic mass is 10.2. The summed E-state index contributed by atoms with van der Waals surface area (Å²) < 4.78 is 5.10. The number of hydrogen-bond acceptors (Lipinski definition) is 3. The van der Waals surface area contributed by atoms with Crippen molar-refractivity contribution >= 4 is 23.7 Å². The Morgan fingerprint density at radius 2 is 1.87 bits per heavy atom. The first kappa shape index (κ1) is 17.2. The van der Waals surface area contributed by atoms with Crippen molar-refractivity contribution in [2.24, 2.45) is 0 Å². The molecule has 0 atom stereocenters. The van der Waals surface area contributed by atoms with Crippen LogP contribution in [0.1, 0.15) is 11.1 Å². The molecule has 0 aromatic heterocycles. The van der Waals surface area contributed by atoms with E-state index in [1.807, 2.05) is 54.2 Å². The number of rotatable bonds is 8. The molecule has 4 heteroatoms. The van der Waals surface area contributed by atoms with Crippen molar-refractivity contribution in [1.82, 2.24) is 5.32 Å². The number of amides is 1. The van der Waals surface area contributed by atoms with Gasteiger partial charge in [0, 0.05) is 24.1 Å². The molecule has 120 valence electrons. The van der Waals surface area contributed by atoms with E-state index in [1.165, 1.54) is 5.56 Å². The van der Waals surface area contributed by atoms with Gasteiger partial charge in [-0.2, -0.15) is 11.8 Å². The first-order valence-electron chi connectivity index (χ1n) is 7.49. The number of carbonyl (C=O) groups is 1. The smallest absolute Gasteiger partial charge is 0.244 e. The summed E-state index contributed by atoms with van der Waals surface area (Å²) >= 11 is 1.81. The maximum atomic E-state index is 11.7. The molecule has 3 nitrogen and oxygen atoms in total. The van der Waals surface area contributed by atoms with Gasteiger partial charge in [0.1, 0.15) is 5.75 Å². The molecule has 0 saturated heterocycles. The maximum Gasteiger partial charge on any atom is 0.244 e. The normalized spacial score (nSPS) is 10.7. The van der Waals surface area contributed by atoms with Crippen molar-refractivity contribution in [2.75, 3.05) is 19.4 Å². The molecular formula is C19H21NO2S. The van der Waals surface area contributed by atoms with Crippen LogP contribution in [0, 0.1) is 0 Å². The fraction of sp³-hybridized carbons (Fsp3) is 0.211. The molecule has 1 N–H and O–H groups in total. The monoisotopic (exact) mass is 327 g/mol. The van der Waals surface area contributed by atoms with Crippen molar-refractivity contribution in [1.29, 1.82) is 0 Å². The average Bonchev–Trinajstić information content (AvgIpc) is 2.61. The molecule has 0 spiro atoms. The standard InChI is InChI=1S/C19H21NO2S/c1-22-18-10-7-16(8-11-18)9-12-19(21)20-13-14-23-15-17-5-3-2-4-6-17/h2-12H,13-15H2,1H3,(H,20,21)/b12-9+. The number of carbonyl (C=O) groups excluding carboxylic acids is 1. The van der Waals surface area contributed by atoms with Gasteiger partial charge in [0.25, 0.3) is 0 Å². The highest BCUT2D eigenvalue weighted by molar-refractivity contribution is 7.98. The van der Waals surface area contributed by atoms with Gasteiger partial charge in [-0.15, -0.1) is 0 Å². The third kappa shape index (κ3) is 6.61. The van der Waals surface area contributed by atoms with Gasteiger partial charge in [0.2, 0.25) is 5.91 Å². The van der Waals surface area contributed by atoms with Crippen molar-refractivity contribution in [2.45, 2.75) is 5.75 Å². The molecule has 0 radical (unpaired) electrons. The Bertz CT molecular complexity index is 624. The summed E-state index contributed by atoms with van der Waals surface area (Å²) in [6.07, 6.45) is 3.36. The summed E-state index contributed by atoms with van der Waals surface area (Å²) in [6, 6.07) is 17.9. The van der Waals surface area contributed by atoms with Crippen molar-refractivity contribution < 1.29 is 9.53 Å². The summed E-state index contributed by atoms with van der Waals surface area (Å²) in [7, 11) is 1.63. The van der Waals surface area contributed by atoms with Gasteiger partial charge >= 0.3 is 0 Å². The van der Waals surface area contributed by atoms with E-state index >= 15 is 0 Å². The van der Waals surface area contributed by atoms with Crippen LogP contribution >= 0.6 is 11.8 Å². The van der Waals surface area contributed by atoms with Gasteiger partial charge in [0.15, 0.2) is 0 Å². The van der Waals surface area contributed by atoms with Crippen molar-refractivity contribution in [3.63, 3.8) is 0 Å². The van der Waals surface area contributed by atoms with Crippen LogP contribution in [0.3, 0.4) is 0 Å². The Balaban J connectivity index is 1.63. The minimum Gasteiger partial charge on any atom is -0.497 e. The van der Waals surface area contributed by atoms with E-state index in [9.17, 15) is 4.79 Å². The molecular weight excluding hydrogens is 306 g/mol. The summed E-state index contributed by atoms with van der Waals surface area (Å²) in [4.78, 5) is 11.7. The molecule has 1 amide bonds. The second-order valence-electron chi connectivity index (χ2n) is 4.94. The van der Waals surface area contributed by atoms with E-state index in [0.29, 0.717) is 6.54 Å². The molecule has 0 unspecified atom stereocenters. The van der Waals surface area contributed by atoms with Crippen LogP contribution in [0.15, 0.2) is 60.7 Å². The minimum absolute atomic E-state index is 0.0684. The highest BCUT2D eigenvalue weighted by atomic mass is 32.2. The summed E-state index contributed by atoms with van der Waals surface area (Å²) in [5.41, 5.74) is 2.28. The van der Waals surface area contributed by atoms with Crippen LogP contribution in [-0.2, 0) is 10.5 Å². The number of benzene rings is 2. The highest BCUT2D eigenvalue weighted by Crippen LogP contribution is 2.12. The van der Waals surface area contributed by atoms with Crippen LogP contribution in [0.2, 0.25) is 0 Å². The minimum atomic E-state index is -0.0684. The predicted octanol–water partition coefficient (Wildman–Crippen LogP) is 3.76. The summed E-state index contributed by atoms with van der Waals surface area (Å²) in [5, 5.41) is 2.89. The van der Waals surface area contributed by atoms with Crippen LogP contribution in [0.25, 0.3) is 6.08 Å². The number of nitrogens with one attached hydrogen (secondary N) is 1. The van der Waals surface area contributed by atoms with E-state index in [1.54, 1.807) is 19.3 Å². The quantitative estimate of drug-likeness (QED) is 0.593. The molecule has 2 aromatic carbocycles. The molecule has 0 saturated carbocycles. The van der Waals surface area contributed by atoms with Crippen LogP contribution < -0.4 is 10.1 Å². The van der Waals surface area contributed by atoms with Crippen molar-refractivity contribution in [3.05, 3.63) is 71.8 Å². The summed E-state index contributed by atoms with van der Waals surface area (Å²) in [5.74, 6) is 2.61. The van der Waals surface area contributed by atoms with Crippen LogP contribution in [-0.4, -0.2) is 25.3 Å². The van der Waals surface area contributed by atoms with Gasteiger partial charge < -0.3 is 10.1 Å². The number of thioether (sulfide) groups is 1. The van der Waals surface area contributed by atoms with E-state index in [-0.39, 0.29) is 5.91 Å². The second kappa shape index (κ2) is 9.74. The van der Waals surface area contributed by atoms with Crippen molar-refractivity contribution in [3.8, 4) is 5.75 Å².